The Hall–Kier alpha value is -3.75. The maximum Gasteiger partial charge on any atom is 0.344 e. The van der Waals surface area contributed by atoms with E-state index in [-0.39, 0.29) is 12.6 Å². The second kappa shape index (κ2) is 10.0. The Morgan fingerprint density at radius 1 is 0.882 bits per heavy atom. The Kier molecular flexibility index (Phi) is 7.34. The summed E-state index contributed by atoms with van der Waals surface area (Å²) in [6.07, 6.45) is 0. The SMILES string of the molecule is CC(C)(C)OC(=O)COc1ccc(Cn2nnc(-c3ccc(OC(=O)C(C)(C)C)cc3)n2)cc1. The fourth-order valence-corrected chi connectivity index (χ4v) is 2.73. The molecule has 2 aromatic carbocycles. The van der Waals surface area contributed by atoms with Crippen LogP contribution < -0.4 is 9.47 Å². The van der Waals surface area contributed by atoms with Crippen LogP contribution in [0.3, 0.4) is 0 Å². The van der Waals surface area contributed by atoms with Crippen molar-refractivity contribution in [2.24, 2.45) is 5.41 Å². The van der Waals surface area contributed by atoms with Crippen LogP contribution in [0.1, 0.15) is 47.1 Å². The molecule has 0 radical (unpaired) electrons. The Balaban J connectivity index is 1.55. The van der Waals surface area contributed by atoms with Crippen LogP contribution in [0.2, 0.25) is 0 Å². The quantitative estimate of drug-likeness (QED) is 0.379. The third-order valence-corrected chi connectivity index (χ3v) is 4.41. The van der Waals surface area contributed by atoms with Crippen molar-refractivity contribution >= 4 is 11.9 Å². The molecular formula is C25H30N4O5. The highest BCUT2D eigenvalue weighted by atomic mass is 16.6. The van der Waals surface area contributed by atoms with Crippen molar-refractivity contribution in [3.8, 4) is 22.9 Å². The van der Waals surface area contributed by atoms with Crippen molar-refractivity contribution < 1.29 is 23.8 Å². The molecule has 0 aliphatic rings. The summed E-state index contributed by atoms with van der Waals surface area (Å²) in [6.45, 7) is 11.1. The first kappa shape index (κ1) is 24.9. The molecule has 0 aliphatic carbocycles. The lowest BCUT2D eigenvalue weighted by Gasteiger charge is -2.19. The van der Waals surface area contributed by atoms with E-state index in [4.69, 9.17) is 14.2 Å². The molecule has 0 atom stereocenters. The van der Waals surface area contributed by atoms with Crippen LogP contribution in [0.25, 0.3) is 11.4 Å². The van der Waals surface area contributed by atoms with Crippen molar-refractivity contribution in [1.82, 2.24) is 20.2 Å². The van der Waals surface area contributed by atoms with E-state index >= 15 is 0 Å². The standard InChI is InChI=1S/C25H30N4O5/c1-24(2,3)23(31)33-20-13-9-18(10-14-20)22-26-28-29(27-22)15-17-7-11-19(12-8-17)32-16-21(30)34-25(4,5)6/h7-14H,15-16H2,1-6H3. The number of carbonyl (C=O) groups is 2. The van der Waals surface area contributed by atoms with Gasteiger partial charge < -0.3 is 14.2 Å². The van der Waals surface area contributed by atoms with Gasteiger partial charge in [-0.15, -0.1) is 10.2 Å². The molecule has 0 N–H and O–H groups in total. The molecule has 180 valence electrons. The molecule has 0 amide bonds. The van der Waals surface area contributed by atoms with Crippen LogP contribution in [-0.2, 0) is 20.9 Å². The smallest absolute Gasteiger partial charge is 0.344 e. The fourth-order valence-electron chi connectivity index (χ4n) is 2.73. The van der Waals surface area contributed by atoms with Gasteiger partial charge in [-0.25, -0.2) is 4.79 Å². The van der Waals surface area contributed by atoms with Crippen molar-refractivity contribution in [3.05, 3.63) is 54.1 Å². The molecule has 0 saturated carbocycles. The molecular weight excluding hydrogens is 436 g/mol. The summed E-state index contributed by atoms with van der Waals surface area (Å²) in [7, 11) is 0. The highest BCUT2D eigenvalue weighted by molar-refractivity contribution is 5.78. The number of benzene rings is 2. The first-order chi connectivity index (χ1) is 15.9. The summed E-state index contributed by atoms with van der Waals surface area (Å²) >= 11 is 0. The number of esters is 2. The van der Waals surface area contributed by atoms with Gasteiger partial charge in [-0.05, 0) is 88.7 Å². The molecule has 34 heavy (non-hydrogen) atoms. The van der Waals surface area contributed by atoms with Crippen molar-refractivity contribution in [3.63, 3.8) is 0 Å². The summed E-state index contributed by atoms with van der Waals surface area (Å²) in [5.41, 5.74) is 0.575. The van der Waals surface area contributed by atoms with E-state index in [1.807, 2.05) is 32.9 Å². The van der Waals surface area contributed by atoms with E-state index < -0.39 is 17.0 Å². The topological polar surface area (TPSA) is 105 Å². The summed E-state index contributed by atoms with van der Waals surface area (Å²) in [5, 5.41) is 12.6. The van der Waals surface area contributed by atoms with Crippen LogP contribution in [0, 0.1) is 5.41 Å². The van der Waals surface area contributed by atoms with Crippen LogP contribution in [0.5, 0.6) is 11.5 Å². The molecule has 0 aliphatic heterocycles. The molecule has 0 bridgehead atoms. The lowest BCUT2D eigenvalue weighted by Crippen LogP contribution is -2.27. The Labute approximate surface area is 199 Å². The molecule has 0 fully saturated rings. The van der Waals surface area contributed by atoms with E-state index in [1.54, 1.807) is 57.2 Å². The Bertz CT molecular complexity index is 1120. The van der Waals surface area contributed by atoms with Gasteiger partial charge >= 0.3 is 11.9 Å². The van der Waals surface area contributed by atoms with Gasteiger partial charge in [-0.1, -0.05) is 12.1 Å². The largest absolute Gasteiger partial charge is 0.482 e. The van der Waals surface area contributed by atoms with E-state index in [0.29, 0.717) is 23.9 Å². The monoisotopic (exact) mass is 466 g/mol. The molecule has 9 nitrogen and oxygen atoms in total. The molecule has 1 heterocycles. The third-order valence-electron chi connectivity index (χ3n) is 4.41. The number of carbonyl (C=O) groups excluding carboxylic acids is 2. The van der Waals surface area contributed by atoms with E-state index in [9.17, 15) is 9.59 Å². The number of aromatic nitrogens is 4. The van der Waals surface area contributed by atoms with E-state index in [2.05, 4.69) is 15.4 Å². The zero-order valence-corrected chi connectivity index (χ0v) is 20.4. The second-order valence-corrected chi connectivity index (χ2v) is 9.83. The van der Waals surface area contributed by atoms with Crippen molar-refractivity contribution in [1.29, 1.82) is 0 Å². The minimum absolute atomic E-state index is 0.154. The van der Waals surface area contributed by atoms with Gasteiger partial charge in [0.25, 0.3) is 0 Å². The van der Waals surface area contributed by atoms with Crippen LogP contribution in [0.4, 0.5) is 0 Å². The second-order valence-electron chi connectivity index (χ2n) is 9.83. The molecule has 0 saturated heterocycles. The number of tetrazole rings is 1. The summed E-state index contributed by atoms with van der Waals surface area (Å²) in [6, 6.07) is 14.3. The molecule has 1 aromatic heterocycles. The Morgan fingerprint density at radius 2 is 1.50 bits per heavy atom. The summed E-state index contributed by atoms with van der Waals surface area (Å²) < 4.78 is 16.1. The van der Waals surface area contributed by atoms with Crippen LogP contribution in [0.15, 0.2) is 48.5 Å². The minimum atomic E-state index is -0.578. The van der Waals surface area contributed by atoms with Gasteiger partial charge in [0.2, 0.25) is 5.82 Å². The normalized spacial score (nSPS) is 11.7. The zero-order valence-electron chi connectivity index (χ0n) is 20.4. The summed E-state index contributed by atoms with van der Waals surface area (Å²) in [4.78, 5) is 25.3. The number of nitrogens with zero attached hydrogens (tertiary/aromatic N) is 4. The molecule has 9 heteroatoms. The minimum Gasteiger partial charge on any atom is -0.482 e. The van der Waals surface area contributed by atoms with E-state index in [0.717, 1.165) is 11.1 Å². The fraction of sp³-hybridized carbons (Fsp3) is 0.400. The van der Waals surface area contributed by atoms with Gasteiger partial charge in [-0.3, -0.25) is 4.79 Å². The first-order valence-electron chi connectivity index (χ1n) is 10.9. The maximum absolute atomic E-state index is 12.0. The Morgan fingerprint density at radius 3 is 2.09 bits per heavy atom. The zero-order chi connectivity index (χ0) is 24.9. The summed E-state index contributed by atoms with van der Waals surface area (Å²) in [5.74, 6) is 0.770. The molecule has 3 rings (SSSR count). The van der Waals surface area contributed by atoms with Crippen molar-refractivity contribution in [2.45, 2.75) is 53.7 Å². The number of hydrogen-bond acceptors (Lipinski definition) is 8. The average molecular weight is 467 g/mol. The number of hydrogen-bond donors (Lipinski definition) is 0. The predicted molar refractivity (Wildman–Crippen MR) is 125 cm³/mol. The first-order valence-corrected chi connectivity index (χ1v) is 10.9. The molecule has 0 unspecified atom stereocenters. The van der Waals surface area contributed by atoms with E-state index in [1.165, 1.54) is 4.80 Å². The highest BCUT2D eigenvalue weighted by Crippen LogP contribution is 2.22. The molecule has 0 spiro atoms. The van der Waals surface area contributed by atoms with Crippen LogP contribution in [-0.4, -0.2) is 44.4 Å². The average Bonchev–Trinajstić information content (AvgIpc) is 3.20. The van der Waals surface area contributed by atoms with Gasteiger partial charge in [0.05, 0.1) is 12.0 Å². The van der Waals surface area contributed by atoms with Gasteiger partial charge in [-0.2, -0.15) is 4.80 Å². The van der Waals surface area contributed by atoms with Gasteiger partial charge in [0.15, 0.2) is 6.61 Å². The van der Waals surface area contributed by atoms with Crippen molar-refractivity contribution in [2.75, 3.05) is 6.61 Å². The lowest BCUT2D eigenvalue weighted by molar-refractivity contribution is -0.157. The maximum atomic E-state index is 12.0. The number of ether oxygens (including phenoxy) is 3. The molecule has 3 aromatic rings. The van der Waals surface area contributed by atoms with Gasteiger partial charge in [0.1, 0.15) is 17.1 Å². The predicted octanol–water partition coefficient (Wildman–Crippen LogP) is 4.06. The third kappa shape index (κ3) is 7.40. The van der Waals surface area contributed by atoms with Crippen LogP contribution >= 0.6 is 0 Å². The number of rotatable bonds is 7. The lowest BCUT2D eigenvalue weighted by atomic mass is 9.97. The van der Waals surface area contributed by atoms with Gasteiger partial charge in [0, 0.05) is 5.56 Å². The highest BCUT2D eigenvalue weighted by Gasteiger charge is 2.23.